The number of pyridine rings is 1. The van der Waals surface area contributed by atoms with Crippen LogP contribution in [0.5, 0.6) is 5.75 Å². The van der Waals surface area contributed by atoms with Crippen LogP contribution in [0.4, 0.5) is 0 Å². The Morgan fingerprint density at radius 1 is 1.00 bits per heavy atom. The summed E-state index contributed by atoms with van der Waals surface area (Å²) in [5, 5.41) is 20.5. The van der Waals surface area contributed by atoms with Crippen molar-refractivity contribution in [1.29, 1.82) is 0 Å². The van der Waals surface area contributed by atoms with E-state index in [1.165, 1.54) is 5.56 Å². The minimum Gasteiger partial charge on any atom is -0.508 e. The van der Waals surface area contributed by atoms with E-state index < -0.39 is 11.4 Å². The van der Waals surface area contributed by atoms with Gasteiger partial charge in [0.05, 0.1) is 5.41 Å². The predicted molar refractivity (Wildman–Crippen MR) is 160 cm³/mol. The lowest BCUT2D eigenvalue weighted by atomic mass is 9.74. The second-order valence-corrected chi connectivity index (χ2v) is 11.3. The van der Waals surface area contributed by atoms with Crippen LogP contribution in [-0.4, -0.2) is 57.8 Å². The third-order valence-electron chi connectivity index (χ3n) is 7.79. The van der Waals surface area contributed by atoms with Crippen molar-refractivity contribution in [3.8, 4) is 5.75 Å². The molecule has 1 aliphatic rings. The first-order valence-electron chi connectivity index (χ1n) is 14.0. The van der Waals surface area contributed by atoms with Crippen molar-refractivity contribution in [2.24, 2.45) is 21.3 Å². The molecule has 0 bridgehead atoms. The molecule has 0 radical (unpaired) electrons. The Balaban J connectivity index is 1.38. The number of carboxylic acid groups (broad SMARTS) is 1. The number of hydrogen-bond donors (Lipinski definition) is 2. The highest BCUT2D eigenvalue weighted by Gasteiger charge is 2.41. The number of phenols is 1. The number of aliphatic imine (C=N–C) groups is 2. The molecule has 2 heterocycles. The number of nitrogens with zero attached hydrogens (tertiary/aromatic N) is 4. The van der Waals surface area contributed by atoms with Gasteiger partial charge in [0.1, 0.15) is 5.75 Å². The molecular formula is C33H40N4O3. The number of aliphatic carboxylic acids is 1. The van der Waals surface area contributed by atoms with Crippen LogP contribution in [0.1, 0.15) is 61.4 Å². The van der Waals surface area contributed by atoms with E-state index in [1.54, 1.807) is 25.5 Å². The lowest BCUT2D eigenvalue weighted by Crippen LogP contribution is -2.45. The number of hydrogen-bond acceptors (Lipinski definition) is 5. The first-order valence-corrected chi connectivity index (χ1v) is 14.0. The summed E-state index contributed by atoms with van der Waals surface area (Å²) in [6.07, 6.45) is 6.06. The van der Waals surface area contributed by atoms with E-state index in [1.807, 2.05) is 43.3 Å². The minimum atomic E-state index is -0.727. The maximum atomic E-state index is 12.2. The zero-order valence-electron chi connectivity index (χ0n) is 24.0. The lowest BCUT2D eigenvalue weighted by molar-refractivity contribution is -0.152. The standard InChI is InChI=1S/C33H40N4O3/c1-23(2)19-29-10-9-28(20-30(29)38)24(3)36-31(34-4)27-7-5-26(6-8-27)22-37-17-13-33(14-18-37,32(39)40)21-25-11-15-35-16-12-25/h5-12,15-16,20,23,38H,13-14,17-19,21-22H2,1-4H3,(H,39,40). The Morgan fingerprint density at radius 2 is 1.65 bits per heavy atom. The smallest absolute Gasteiger partial charge is 0.310 e. The topological polar surface area (TPSA) is 98.4 Å². The highest BCUT2D eigenvalue weighted by molar-refractivity contribution is 6.11. The van der Waals surface area contributed by atoms with Gasteiger partial charge in [-0.05, 0) is 92.1 Å². The Kier molecular flexibility index (Phi) is 9.48. The molecule has 0 atom stereocenters. The molecule has 0 amide bonds. The Labute approximate surface area is 237 Å². The molecule has 0 spiro atoms. The fourth-order valence-electron chi connectivity index (χ4n) is 5.38. The van der Waals surface area contributed by atoms with Gasteiger partial charge in [-0.2, -0.15) is 0 Å². The molecule has 3 aromatic rings. The molecule has 4 rings (SSSR count). The summed E-state index contributed by atoms with van der Waals surface area (Å²) in [6.45, 7) is 8.46. The molecule has 0 aliphatic carbocycles. The van der Waals surface area contributed by atoms with E-state index in [2.05, 4.69) is 40.9 Å². The number of aromatic nitrogens is 1. The molecule has 0 saturated carbocycles. The van der Waals surface area contributed by atoms with Crippen LogP contribution in [0.2, 0.25) is 0 Å². The molecule has 210 valence electrons. The number of amidine groups is 1. The van der Waals surface area contributed by atoms with Crippen LogP contribution in [-0.2, 0) is 24.2 Å². The molecule has 0 unspecified atom stereocenters. The largest absolute Gasteiger partial charge is 0.508 e. The summed E-state index contributed by atoms with van der Waals surface area (Å²) in [6, 6.07) is 17.8. The van der Waals surface area contributed by atoms with Gasteiger partial charge in [0.2, 0.25) is 0 Å². The van der Waals surface area contributed by atoms with Crippen molar-refractivity contribution < 1.29 is 15.0 Å². The van der Waals surface area contributed by atoms with Crippen LogP contribution in [0.15, 0.2) is 77.0 Å². The third kappa shape index (κ3) is 7.21. The van der Waals surface area contributed by atoms with Gasteiger partial charge in [0.25, 0.3) is 0 Å². The normalized spacial score (nSPS) is 16.3. The fraction of sp³-hybridized carbons (Fsp3) is 0.394. The Hall–Kier alpha value is -3.84. The molecule has 1 aromatic heterocycles. The van der Waals surface area contributed by atoms with Crippen LogP contribution < -0.4 is 0 Å². The van der Waals surface area contributed by atoms with Gasteiger partial charge in [-0.1, -0.05) is 50.2 Å². The minimum absolute atomic E-state index is 0.302. The summed E-state index contributed by atoms with van der Waals surface area (Å²) >= 11 is 0. The molecule has 1 aliphatic heterocycles. The summed E-state index contributed by atoms with van der Waals surface area (Å²) < 4.78 is 0. The molecule has 7 heteroatoms. The van der Waals surface area contributed by atoms with Crippen LogP contribution in [0.3, 0.4) is 0 Å². The van der Waals surface area contributed by atoms with E-state index in [4.69, 9.17) is 4.99 Å². The summed E-state index contributed by atoms with van der Waals surface area (Å²) in [5.74, 6) is 0.697. The monoisotopic (exact) mass is 540 g/mol. The van der Waals surface area contributed by atoms with Gasteiger partial charge < -0.3 is 10.2 Å². The molecule has 1 saturated heterocycles. The lowest BCUT2D eigenvalue weighted by Gasteiger charge is -2.39. The van der Waals surface area contributed by atoms with Gasteiger partial charge in [-0.3, -0.25) is 19.7 Å². The summed E-state index contributed by atoms with van der Waals surface area (Å²) in [4.78, 5) is 27.8. The summed E-state index contributed by atoms with van der Waals surface area (Å²) in [7, 11) is 1.73. The zero-order valence-corrected chi connectivity index (χ0v) is 24.0. The van der Waals surface area contributed by atoms with E-state index in [-0.39, 0.29) is 0 Å². The highest BCUT2D eigenvalue weighted by Crippen LogP contribution is 2.36. The van der Waals surface area contributed by atoms with E-state index in [0.717, 1.165) is 54.0 Å². The summed E-state index contributed by atoms with van der Waals surface area (Å²) in [5.41, 5.74) is 4.99. The number of benzene rings is 2. The average molecular weight is 541 g/mol. The average Bonchev–Trinajstić information content (AvgIpc) is 2.94. The maximum absolute atomic E-state index is 12.2. The third-order valence-corrected chi connectivity index (χ3v) is 7.79. The second kappa shape index (κ2) is 13.0. The molecule has 7 nitrogen and oxygen atoms in total. The highest BCUT2D eigenvalue weighted by atomic mass is 16.4. The second-order valence-electron chi connectivity index (χ2n) is 11.3. The fourth-order valence-corrected chi connectivity index (χ4v) is 5.38. The van der Waals surface area contributed by atoms with Crippen molar-refractivity contribution in [2.75, 3.05) is 20.1 Å². The molecule has 2 aromatic carbocycles. The Morgan fingerprint density at radius 3 is 2.23 bits per heavy atom. The van der Waals surface area contributed by atoms with Gasteiger partial charge in [0.15, 0.2) is 5.84 Å². The van der Waals surface area contributed by atoms with E-state index >= 15 is 0 Å². The molecular weight excluding hydrogens is 500 g/mol. The van der Waals surface area contributed by atoms with Crippen molar-refractivity contribution in [3.63, 3.8) is 0 Å². The van der Waals surface area contributed by atoms with Crippen molar-refractivity contribution >= 4 is 17.5 Å². The first kappa shape index (κ1) is 29.2. The SMILES string of the molecule is CN=C(N=C(C)c1ccc(CC(C)C)c(O)c1)c1ccc(CN2CCC(Cc3ccncc3)(C(=O)O)CC2)cc1. The Bertz CT molecular complexity index is 1360. The van der Waals surface area contributed by atoms with Gasteiger partial charge in [-0.15, -0.1) is 0 Å². The van der Waals surface area contributed by atoms with E-state index in [0.29, 0.717) is 36.8 Å². The number of aromatic hydroxyl groups is 1. The number of piperidine rings is 1. The van der Waals surface area contributed by atoms with Crippen LogP contribution >= 0.6 is 0 Å². The molecule has 1 fully saturated rings. The maximum Gasteiger partial charge on any atom is 0.310 e. The molecule has 40 heavy (non-hydrogen) atoms. The van der Waals surface area contributed by atoms with Crippen LogP contribution in [0.25, 0.3) is 0 Å². The van der Waals surface area contributed by atoms with Gasteiger partial charge >= 0.3 is 5.97 Å². The molecule has 2 N–H and O–H groups in total. The van der Waals surface area contributed by atoms with Crippen molar-refractivity contribution in [3.05, 3.63) is 94.8 Å². The predicted octanol–water partition coefficient (Wildman–Crippen LogP) is 5.78. The van der Waals surface area contributed by atoms with Gasteiger partial charge in [-0.25, -0.2) is 4.99 Å². The van der Waals surface area contributed by atoms with Crippen LogP contribution in [0, 0.1) is 11.3 Å². The number of phenolic OH excluding ortho intramolecular Hbond substituents is 1. The zero-order chi connectivity index (χ0) is 28.7. The quantitative estimate of drug-likeness (QED) is 0.265. The van der Waals surface area contributed by atoms with Crippen molar-refractivity contribution in [1.82, 2.24) is 9.88 Å². The number of rotatable bonds is 9. The van der Waals surface area contributed by atoms with Gasteiger partial charge in [0, 0.05) is 37.3 Å². The number of carboxylic acids is 1. The van der Waals surface area contributed by atoms with E-state index in [9.17, 15) is 15.0 Å². The van der Waals surface area contributed by atoms with Crippen molar-refractivity contribution in [2.45, 2.75) is 53.0 Å². The first-order chi connectivity index (χ1) is 19.2. The number of likely N-dealkylation sites (tertiary alicyclic amines) is 1. The number of carbonyl (C=O) groups is 1.